The van der Waals surface area contributed by atoms with Crippen molar-refractivity contribution in [2.45, 2.75) is 40.2 Å². The lowest BCUT2D eigenvalue weighted by Crippen LogP contribution is -2.22. The van der Waals surface area contributed by atoms with Gasteiger partial charge < -0.3 is 14.8 Å². The van der Waals surface area contributed by atoms with Gasteiger partial charge >= 0.3 is 0 Å². The van der Waals surface area contributed by atoms with E-state index >= 15 is 0 Å². The van der Waals surface area contributed by atoms with Crippen molar-refractivity contribution in [3.63, 3.8) is 0 Å². The maximum absolute atomic E-state index is 12.5. The second kappa shape index (κ2) is 6.28. The van der Waals surface area contributed by atoms with E-state index in [9.17, 15) is 4.79 Å². The number of hydrogen-bond acceptors (Lipinski definition) is 3. The number of fused-ring (bicyclic) bond motifs is 1. The van der Waals surface area contributed by atoms with Crippen LogP contribution in [0.25, 0.3) is 10.9 Å². The summed E-state index contributed by atoms with van der Waals surface area (Å²) in [7, 11) is 0. The van der Waals surface area contributed by atoms with Gasteiger partial charge in [-0.15, -0.1) is 0 Å². The molecule has 2 aromatic heterocycles. The zero-order valence-corrected chi connectivity index (χ0v) is 13.7. The van der Waals surface area contributed by atoms with Crippen LogP contribution in [0.1, 0.15) is 46.4 Å². The molecular weight excluding hydrogens is 290 g/mol. The van der Waals surface area contributed by atoms with Gasteiger partial charge in [0.15, 0.2) is 5.76 Å². The minimum atomic E-state index is -0.120. The lowest BCUT2D eigenvalue weighted by atomic mass is 10.1. The van der Waals surface area contributed by atoms with Crippen molar-refractivity contribution in [2.24, 2.45) is 0 Å². The largest absolute Gasteiger partial charge is 0.359 e. The Bertz CT molecular complexity index is 845. The molecule has 5 nitrogen and oxygen atoms in total. The Kier molecular flexibility index (Phi) is 4.19. The highest BCUT2D eigenvalue weighted by molar-refractivity contribution is 6.06. The van der Waals surface area contributed by atoms with Crippen LogP contribution >= 0.6 is 0 Å². The minimum absolute atomic E-state index is 0.120. The van der Waals surface area contributed by atoms with Gasteiger partial charge in [0.25, 0.3) is 5.91 Å². The van der Waals surface area contributed by atoms with E-state index in [0.717, 1.165) is 35.1 Å². The SMILES string of the molecule is CCCc1cc(CNC(=O)c2cccc3c(C)c(C)[nH]c23)on1. The summed E-state index contributed by atoms with van der Waals surface area (Å²) >= 11 is 0. The Hall–Kier alpha value is -2.56. The van der Waals surface area contributed by atoms with Gasteiger partial charge in [0.05, 0.1) is 23.3 Å². The molecule has 120 valence electrons. The average Bonchev–Trinajstić information content (AvgIpc) is 3.11. The van der Waals surface area contributed by atoms with Gasteiger partial charge in [0.2, 0.25) is 0 Å². The molecule has 2 heterocycles. The van der Waals surface area contributed by atoms with E-state index in [2.05, 4.69) is 29.3 Å². The van der Waals surface area contributed by atoms with Crippen LogP contribution in [-0.4, -0.2) is 16.0 Å². The van der Waals surface area contributed by atoms with E-state index in [-0.39, 0.29) is 5.91 Å². The number of para-hydroxylation sites is 1. The molecule has 0 saturated carbocycles. The van der Waals surface area contributed by atoms with E-state index in [1.165, 1.54) is 5.56 Å². The number of carbonyl (C=O) groups excluding carboxylic acids is 1. The molecule has 23 heavy (non-hydrogen) atoms. The Morgan fingerprint density at radius 2 is 2.17 bits per heavy atom. The van der Waals surface area contributed by atoms with E-state index in [1.807, 2.05) is 31.2 Å². The normalized spacial score (nSPS) is 11.1. The van der Waals surface area contributed by atoms with E-state index in [4.69, 9.17) is 4.52 Å². The predicted molar refractivity (Wildman–Crippen MR) is 89.4 cm³/mol. The van der Waals surface area contributed by atoms with Crippen LogP contribution in [0.4, 0.5) is 0 Å². The summed E-state index contributed by atoms with van der Waals surface area (Å²) in [6.07, 6.45) is 1.91. The zero-order chi connectivity index (χ0) is 16.4. The number of aryl methyl sites for hydroxylation is 3. The summed E-state index contributed by atoms with van der Waals surface area (Å²) < 4.78 is 5.24. The third-order valence-corrected chi connectivity index (χ3v) is 4.13. The second-order valence-electron chi connectivity index (χ2n) is 5.82. The van der Waals surface area contributed by atoms with Crippen molar-refractivity contribution in [3.8, 4) is 0 Å². The number of H-pyrrole nitrogens is 1. The van der Waals surface area contributed by atoms with Crippen LogP contribution in [0.3, 0.4) is 0 Å². The monoisotopic (exact) mass is 311 g/mol. The van der Waals surface area contributed by atoms with Crippen LogP contribution in [-0.2, 0) is 13.0 Å². The topological polar surface area (TPSA) is 70.9 Å². The van der Waals surface area contributed by atoms with Gasteiger partial charge in [0, 0.05) is 17.1 Å². The zero-order valence-electron chi connectivity index (χ0n) is 13.7. The highest BCUT2D eigenvalue weighted by Gasteiger charge is 2.14. The quantitative estimate of drug-likeness (QED) is 0.755. The molecule has 5 heteroatoms. The van der Waals surface area contributed by atoms with Crippen molar-refractivity contribution in [1.29, 1.82) is 0 Å². The molecule has 0 saturated heterocycles. The molecule has 0 aliphatic heterocycles. The molecule has 0 aliphatic rings. The molecule has 0 bridgehead atoms. The minimum Gasteiger partial charge on any atom is -0.359 e. The van der Waals surface area contributed by atoms with Crippen LogP contribution in [0, 0.1) is 13.8 Å². The molecule has 0 atom stereocenters. The molecule has 0 fully saturated rings. The summed E-state index contributed by atoms with van der Waals surface area (Å²) in [5, 5.41) is 7.97. The fourth-order valence-electron chi connectivity index (χ4n) is 2.75. The summed E-state index contributed by atoms with van der Waals surface area (Å²) in [4.78, 5) is 15.8. The van der Waals surface area contributed by atoms with Crippen molar-refractivity contribution < 1.29 is 9.32 Å². The van der Waals surface area contributed by atoms with Gasteiger partial charge in [-0.1, -0.05) is 30.6 Å². The molecule has 1 amide bonds. The van der Waals surface area contributed by atoms with Gasteiger partial charge in [-0.25, -0.2) is 0 Å². The number of nitrogens with one attached hydrogen (secondary N) is 2. The van der Waals surface area contributed by atoms with E-state index in [0.29, 0.717) is 17.9 Å². The summed E-state index contributed by atoms with van der Waals surface area (Å²) in [5.74, 6) is 0.554. The van der Waals surface area contributed by atoms with Crippen LogP contribution in [0.2, 0.25) is 0 Å². The number of aromatic amines is 1. The number of hydrogen-bond donors (Lipinski definition) is 2. The van der Waals surface area contributed by atoms with Crippen LogP contribution in [0.15, 0.2) is 28.8 Å². The molecule has 3 aromatic rings. The molecular formula is C18H21N3O2. The third-order valence-electron chi connectivity index (χ3n) is 4.13. The summed E-state index contributed by atoms with van der Waals surface area (Å²) in [6, 6.07) is 7.66. The van der Waals surface area contributed by atoms with Gasteiger partial charge in [0.1, 0.15) is 0 Å². The first-order chi connectivity index (χ1) is 11.1. The average molecular weight is 311 g/mol. The highest BCUT2D eigenvalue weighted by atomic mass is 16.5. The lowest BCUT2D eigenvalue weighted by molar-refractivity contribution is 0.0948. The Balaban J connectivity index is 1.76. The summed E-state index contributed by atoms with van der Waals surface area (Å²) in [6.45, 7) is 6.50. The molecule has 0 radical (unpaired) electrons. The lowest BCUT2D eigenvalue weighted by Gasteiger charge is -2.04. The van der Waals surface area contributed by atoms with E-state index in [1.54, 1.807) is 0 Å². The number of nitrogens with zero attached hydrogens (tertiary/aromatic N) is 1. The number of aromatic nitrogens is 2. The Labute approximate surface area is 135 Å². The van der Waals surface area contributed by atoms with Gasteiger partial charge in [-0.3, -0.25) is 4.79 Å². The second-order valence-corrected chi connectivity index (χ2v) is 5.82. The molecule has 1 aromatic carbocycles. The first-order valence-corrected chi connectivity index (χ1v) is 7.90. The standard InChI is InChI=1S/C18H21N3O2/c1-4-6-13-9-14(23-21-13)10-19-18(22)16-8-5-7-15-11(2)12(3)20-17(15)16/h5,7-9,20H,4,6,10H2,1-3H3,(H,19,22). The van der Waals surface area contributed by atoms with Gasteiger partial charge in [-0.2, -0.15) is 0 Å². The number of rotatable bonds is 5. The van der Waals surface area contributed by atoms with Gasteiger partial charge in [-0.05, 0) is 31.9 Å². The Morgan fingerprint density at radius 1 is 1.35 bits per heavy atom. The molecule has 0 unspecified atom stereocenters. The van der Waals surface area contributed by atoms with Crippen LogP contribution in [0.5, 0.6) is 0 Å². The number of amides is 1. The number of benzene rings is 1. The van der Waals surface area contributed by atoms with Crippen molar-refractivity contribution in [3.05, 3.63) is 52.5 Å². The number of carbonyl (C=O) groups is 1. The van der Waals surface area contributed by atoms with Crippen molar-refractivity contribution in [2.75, 3.05) is 0 Å². The maximum atomic E-state index is 12.5. The highest BCUT2D eigenvalue weighted by Crippen LogP contribution is 2.24. The first-order valence-electron chi connectivity index (χ1n) is 7.90. The summed E-state index contributed by atoms with van der Waals surface area (Å²) in [5.41, 5.74) is 4.71. The third kappa shape index (κ3) is 2.99. The van der Waals surface area contributed by atoms with E-state index < -0.39 is 0 Å². The van der Waals surface area contributed by atoms with Crippen molar-refractivity contribution in [1.82, 2.24) is 15.5 Å². The fraction of sp³-hybridized carbons (Fsp3) is 0.333. The maximum Gasteiger partial charge on any atom is 0.253 e. The molecule has 3 rings (SSSR count). The molecule has 0 aliphatic carbocycles. The van der Waals surface area contributed by atoms with Crippen molar-refractivity contribution >= 4 is 16.8 Å². The Morgan fingerprint density at radius 3 is 2.96 bits per heavy atom. The van der Waals surface area contributed by atoms with Crippen LogP contribution < -0.4 is 5.32 Å². The predicted octanol–water partition coefficient (Wildman–Crippen LogP) is 3.66. The first kappa shape index (κ1) is 15.3. The smallest absolute Gasteiger partial charge is 0.253 e. The fourth-order valence-corrected chi connectivity index (χ4v) is 2.75. The molecule has 0 spiro atoms. The molecule has 2 N–H and O–H groups in total.